The lowest BCUT2D eigenvalue weighted by atomic mass is 9.94. The van der Waals surface area contributed by atoms with Crippen LogP contribution >= 0.6 is 23.5 Å². The SMILES string of the molecule is CC(C)OC(=O)OC(C)(C)SC(=O)[C@@H]1N2C(=O)[C@@H](C)[C@H]2SC1(C)C.CCCCCCCCS(=O)C(C)Cc1ccc2c(c1)OCO2. The molecule has 3 heterocycles. The van der Waals surface area contributed by atoms with Gasteiger partial charge >= 0.3 is 6.16 Å². The largest absolute Gasteiger partial charge is 0.509 e. The van der Waals surface area contributed by atoms with E-state index in [0.717, 1.165) is 41.9 Å². The van der Waals surface area contributed by atoms with Gasteiger partial charge in [0, 0.05) is 26.5 Å². The fourth-order valence-corrected chi connectivity index (χ4v) is 9.73. The Morgan fingerprint density at radius 2 is 1.76 bits per heavy atom. The average molecular weight is 700 g/mol. The molecule has 4 rings (SSSR count). The Morgan fingerprint density at radius 1 is 1.11 bits per heavy atom. The molecule has 12 heteroatoms. The second-order valence-corrected chi connectivity index (χ2v) is 18.8. The summed E-state index contributed by atoms with van der Waals surface area (Å²) < 4.78 is 32.9. The molecule has 2 unspecified atom stereocenters. The quantitative estimate of drug-likeness (QED) is 0.0830. The van der Waals surface area contributed by atoms with Gasteiger partial charge in [-0.25, -0.2) is 4.79 Å². The minimum Gasteiger partial charge on any atom is -0.454 e. The molecule has 3 aliphatic rings. The van der Waals surface area contributed by atoms with Crippen molar-refractivity contribution < 1.29 is 37.5 Å². The number of carbonyl (C=O) groups is 3. The van der Waals surface area contributed by atoms with Gasteiger partial charge in [-0.15, -0.1) is 11.8 Å². The maximum absolute atomic E-state index is 12.8. The van der Waals surface area contributed by atoms with Gasteiger partial charge in [0.1, 0.15) is 6.04 Å². The third kappa shape index (κ3) is 10.5. The van der Waals surface area contributed by atoms with Crippen molar-refractivity contribution in [3.8, 4) is 11.5 Å². The first-order valence-corrected chi connectivity index (χ1v) is 19.5. The highest BCUT2D eigenvalue weighted by Gasteiger charge is 2.62. The van der Waals surface area contributed by atoms with Crippen LogP contribution in [0.25, 0.3) is 0 Å². The van der Waals surface area contributed by atoms with Crippen LogP contribution in [0.1, 0.15) is 106 Å². The molecule has 0 radical (unpaired) electrons. The molecule has 3 aliphatic heterocycles. The number of hydrogen-bond donors (Lipinski definition) is 0. The molecule has 46 heavy (non-hydrogen) atoms. The number of amides is 1. The van der Waals surface area contributed by atoms with Gasteiger partial charge in [-0.2, -0.15) is 0 Å². The number of ether oxygens (including phenoxy) is 4. The van der Waals surface area contributed by atoms with Crippen molar-refractivity contribution in [2.45, 2.75) is 140 Å². The third-order valence-electron chi connectivity index (χ3n) is 8.05. The number of thioether (sulfide) groups is 2. The van der Waals surface area contributed by atoms with Crippen molar-refractivity contribution in [3.63, 3.8) is 0 Å². The van der Waals surface area contributed by atoms with Crippen molar-refractivity contribution >= 4 is 51.5 Å². The Bertz CT molecular complexity index is 1240. The van der Waals surface area contributed by atoms with Crippen LogP contribution in [0.3, 0.4) is 0 Å². The second kappa shape index (κ2) is 17.0. The molecule has 2 saturated heterocycles. The van der Waals surface area contributed by atoms with Crippen LogP contribution < -0.4 is 9.47 Å². The van der Waals surface area contributed by atoms with E-state index in [0.29, 0.717) is 6.79 Å². The predicted molar refractivity (Wildman–Crippen MR) is 187 cm³/mol. The Kier molecular flexibility index (Phi) is 14.2. The first-order valence-electron chi connectivity index (χ1n) is 16.4. The number of β-lactam (4-membered cyclic amide) rings is 1. The highest BCUT2D eigenvalue weighted by molar-refractivity contribution is 8.15. The van der Waals surface area contributed by atoms with Crippen LogP contribution in [0.4, 0.5) is 4.79 Å². The van der Waals surface area contributed by atoms with Crippen LogP contribution in [-0.4, -0.2) is 71.3 Å². The van der Waals surface area contributed by atoms with E-state index in [9.17, 15) is 18.6 Å². The van der Waals surface area contributed by atoms with Crippen LogP contribution in [0, 0.1) is 5.92 Å². The minimum atomic E-state index is -1.07. The van der Waals surface area contributed by atoms with Crippen LogP contribution in [-0.2, 0) is 36.3 Å². The fourth-order valence-electron chi connectivity index (χ4n) is 5.64. The normalized spacial score (nSPS) is 22.3. The van der Waals surface area contributed by atoms with Crippen LogP contribution in [0.5, 0.6) is 11.5 Å². The summed E-state index contributed by atoms with van der Waals surface area (Å²) in [5.41, 5.74) is 1.17. The molecule has 2 fully saturated rings. The molecule has 260 valence electrons. The van der Waals surface area contributed by atoms with Crippen molar-refractivity contribution in [2.75, 3.05) is 12.5 Å². The van der Waals surface area contributed by atoms with E-state index < -0.39 is 27.9 Å². The molecular weight excluding hydrogens is 647 g/mol. The van der Waals surface area contributed by atoms with Crippen molar-refractivity contribution in [2.24, 2.45) is 5.92 Å². The van der Waals surface area contributed by atoms with Gasteiger partial charge in [-0.05, 0) is 83.8 Å². The molecule has 0 aliphatic carbocycles. The van der Waals surface area contributed by atoms with Gasteiger partial charge in [0.2, 0.25) is 17.8 Å². The lowest BCUT2D eigenvalue weighted by molar-refractivity contribution is -0.154. The summed E-state index contributed by atoms with van der Waals surface area (Å²) in [4.78, 5) is 37.3. The Balaban J connectivity index is 0.000000251. The van der Waals surface area contributed by atoms with Gasteiger partial charge in [-0.1, -0.05) is 58.9 Å². The lowest BCUT2D eigenvalue weighted by Gasteiger charge is -2.43. The van der Waals surface area contributed by atoms with E-state index in [1.807, 2.05) is 39.0 Å². The summed E-state index contributed by atoms with van der Waals surface area (Å²) in [5.74, 6) is 2.41. The zero-order valence-electron chi connectivity index (χ0n) is 28.9. The van der Waals surface area contributed by atoms with Gasteiger partial charge < -0.3 is 23.8 Å². The Hall–Kier alpha value is -1.92. The van der Waals surface area contributed by atoms with Crippen LogP contribution in [0.2, 0.25) is 0 Å². The topological polar surface area (TPSA) is 108 Å². The van der Waals surface area contributed by atoms with E-state index in [2.05, 4.69) is 13.8 Å². The predicted octanol–water partition coefficient (Wildman–Crippen LogP) is 7.70. The zero-order chi connectivity index (χ0) is 34.2. The van der Waals surface area contributed by atoms with Gasteiger partial charge in [0.15, 0.2) is 16.4 Å². The number of carbonyl (C=O) groups excluding carboxylic acids is 3. The standard InChI is InChI=1S/C18H28O3S.C16H25NO5S2/c1-3-4-5-6-7-8-11-22(19)15(2)12-16-9-10-17-18(13-16)21-14-20-17;1-8(2)21-14(20)22-16(6,7)24-13(19)10-15(4,5)23-12-9(3)11(18)17(10)12/h9-10,13,15H,3-8,11-12,14H2,1-2H3;8-10,12H,1-7H3/t;9-,10+,12-/m.1/s1. The van der Waals surface area contributed by atoms with Crippen molar-refractivity contribution in [1.82, 2.24) is 4.90 Å². The Morgan fingerprint density at radius 3 is 2.43 bits per heavy atom. The van der Waals surface area contributed by atoms with E-state index in [4.69, 9.17) is 18.9 Å². The summed E-state index contributed by atoms with van der Waals surface area (Å²) >= 11 is 2.58. The number of benzene rings is 1. The van der Waals surface area contributed by atoms with Gasteiger partial charge in [0.25, 0.3) is 0 Å². The highest BCUT2D eigenvalue weighted by Crippen LogP contribution is 2.54. The average Bonchev–Trinajstić information content (AvgIpc) is 3.53. The molecule has 0 saturated carbocycles. The van der Waals surface area contributed by atoms with E-state index in [1.165, 1.54) is 37.7 Å². The fraction of sp³-hybridized carbons (Fsp3) is 0.735. The second-order valence-electron chi connectivity index (χ2n) is 13.4. The zero-order valence-corrected chi connectivity index (χ0v) is 31.4. The van der Waals surface area contributed by atoms with Gasteiger partial charge in [-0.3, -0.25) is 13.8 Å². The smallest absolute Gasteiger partial charge is 0.454 e. The summed E-state index contributed by atoms with van der Waals surface area (Å²) in [6, 6.07) is 5.48. The summed E-state index contributed by atoms with van der Waals surface area (Å²) in [6.45, 7) is 17.2. The number of nitrogens with zero attached hydrogens (tertiary/aromatic N) is 1. The summed E-state index contributed by atoms with van der Waals surface area (Å²) in [5, 5.41) is 0.0746. The summed E-state index contributed by atoms with van der Waals surface area (Å²) in [7, 11) is -0.743. The first-order chi connectivity index (χ1) is 21.6. The number of hydrogen-bond acceptors (Lipinski definition) is 10. The number of rotatable bonds is 14. The van der Waals surface area contributed by atoms with Crippen molar-refractivity contribution in [1.29, 1.82) is 0 Å². The van der Waals surface area contributed by atoms with Gasteiger partial charge in [0.05, 0.1) is 17.4 Å². The summed E-state index contributed by atoms with van der Waals surface area (Å²) in [6.07, 6.45) is 7.23. The Labute approximate surface area is 286 Å². The highest BCUT2D eigenvalue weighted by atomic mass is 32.2. The molecular formula is C34H53NO8S3. The molecule has 9 nitrogen and oxygen atoms in total. The molecule has 1 amide bonds. The van der Waals surface area contributed by atoms with E-state index >= 15 is 0 Å². The lowest BCUT2D eigenvalue weighted by Crippen LogP contribution is -2.61. The molecule has 0 bridgehead atoms. The molecule has 0 spiro atoms. The number of unbranched alkanes of at least 4 members (excludes halogenated alkanes) is 5. The first kappa shape index (κ1) is 38.5. The maximum atomic E-state index is 12.8. The number of fused-ring (bicyclic) bond motifs is 2. The molecule has 0 aromatic heterocycles. The van der Waals surface area contributed by atoms with Crippen molar-refractivity contribution in [3.05, 3.63) is 23.8 Å². The maximum Gasteiger partial charge on any atom is 0.509 e. The molecule has 1 aromatic carbocycles. The van der Waals surface area contributed by atoms with Crippen LogP contribution in [0.15, 0.2) is 18.2 Å². The molecule has 5 atom stereocenters. The van der Waals surface area contributed by atoms with E-state index in [1.54, 1.807) is 44.4 Å². The molecule has 1 aromatic rings. The third-order valence-corrected chi connectivity index (χ3v) is 12.5. The molecule has 0 N–H and O–H groups in total. The minimum absolute atomic E-state index is 0.00923. The monoisotopic (exact) mass is 699 g/mol. The van der Waals surface area contributed by atoms with E-state index in [-0.39, 0.29) is 38.4 Å².